The predicted molar refractivity (Wildman–Crippen MR) is 61.6 cm³/mol. The number of hydrogen-bond donors (Lipinski definition) is 1. The van der Waals surface area contributed by atoms with E-state index in [-0.39, 0.29) is 18.0 Å². The summed E-state index contributed by atoms with van der Waals surface area (Å²) in [7, 11) is 2.94. The second-order valence-corrected chi connectivity index (χ2v) is 3.55. The van der Waals surface area contributed by atoms with Crippen LogP contribution in [-0.4, -0.2) is 48.4 Å². The first-order valence-electron chi connectivity index (χ1n) is 5.36. The average molecular weight is 242 g/mol. The third kappa shape index (κ3) is 4.81. The van der Waals surface area contributed by atoms with Crippen molar-refractivity contribution in [3.8, 4) is 18.0 Å². The topological polar surface area (TPSA) is 78.4 Å². The summed E-state index contributed by atoms with van der Waals surface area (Å²) in [6.07, 6.45) is 0. The van der Waals surface area contributed by atoms with E-state index in [0.29, 0.717) is 19.2 Å². The predicted octanol–water partition coefficient (Wildman–Crippen LogP) is 0.266. The van der Waals surface area contributed by atoms with E-state index in [2.05, 4.69) is 34.1 Å². The van der Waals surface area contributed by atoms with Gasteiger partial charge >= 0.3 is 18.0 Å². The molecule has 0 saturated carbocycles. The maximum Gasteiger partial charge on any atom is 0.325 e. The number of nitrogens with one attached hydrogen (secondary N) is 1. The van der Waals surface area contributed by atoms with Crippen molar-refractivity contribution in [1.29, 1.82) is 0 Å². The van der Waals surface area contributed by atoms with Gasteiger partial charge in [0.2, 0.25) is 0 Å². The van der Waals surface area contributed by atoms with Gasteiger partial charge in [0.25, 0.3) is 0 Å². The molecule has 7 nitrogen and oxygen atoms in total. The Hall–Kier alpha value is -1.63. The van der Waals surface area contributed by atoms with E-state index in [9.17, 15) is 0 Å². The smallest absolute Gasteiger partial charge is 0.325 e. The molecule has 1 aromatic rings. The van der Waals surface area contributed by atoms with Crippen LogP contribution in [0, 0.1) is 0 Å². The number of hydrogen-bond acceptors (Lipinski definition) is 7. The Morgan fingerprint density at radius 2 is 1.53 bits per heavy atom. The van der Waals surface area contributed by atoms with Gasteiger partial charge in [-0.25, -0.2) is 0 Å². The van der Waals surface area contributed by atoms with Gasteiger partial charge in [-0.15, -0.1) is 15.0 Å². The van der Waals surface area contributed by atoms with Crippen LogP contribution >= 0.6 is 0 Å². The highest BCUT2D eigenvalue weighted by Gasteiger charge is 2.07. The standard InChI is InChI=1S/C10H18N4O3/c1-7(2)11-5-6-17-10-13-8(15-3)12-9(14-10)16-4/h7,11H,5-6H2,1-4H3. The summed E-state index contributed by atoms with van der Waals surface area (Å²) in [5, 5.41) is 3.21. The SMILES string of the molecule is COc1nc(OC)nc(OCCNC(C)C)n1. The van der Waals surface area contributed by atoms with Crippen molar-refractivity contribution in [1.82, 2.24) is 20.3 Å². The van der Waals surface area contributed by atoms with Crippen molar-refractivity contribution >= 4 is 0 Å². The first-order valence-corrected chi connectivity index (χ1v) is 5.36. The molecule has 0 aliphatic heterocycles. The Labute approximate surface area is 101 Å². The highest BCUT2D eigenvalue weighted by molar-refractivity contribution is 5.08. The van der Waals surface area contributed by atoms with Crippen LogP contribution in [0.3, 0.4) is 0 Å². The van der Waals surface area contributed by atoms with Gasteiger partial charge in [0, 0.05) is 12.6 Å². The van der Waals surface area contributed by atoms with Crippen LogP contribution in [-0.2, 0) is 0 Å². The molecule has 0 aliphatic carbocycles. The molecular weight excluding hydrogens is 224 g/mol. The zero-order valence-corrected chi connectivity index (χ0v) is 10.6. The Bertz CT molecular complexity index is 324. The second-order valence-electron chi connectivity index (χ2n) is 3.55. The molecule has 1 aromatic heterocycles. The molecule has 1 heterocycles. The molecule has 1 rings (SSSR count). The van der Waals surface area contributed by atoms with Crippen LogP contribution in [0.1, 0.15) is 13.8 Å². The fourth-order valence-electron chi connectivity index (χ4n) is 1.06. The third-order valence-corrected chi connectivity index (χ3v) is 1.82. The minimum atomic E-state index is 0.170. The zero-order chi connectivity index (χ0) is 12.7. The Morgan fingerprint density at radius 3 is 2.00 bits per heavy atom. The van der Waals surface area contributed by atoms with E-state index in [4.69, 9.17) is 14.2 Å². The summed E-state index contributed by atoms with van der Waals surface area (Å²) in [5.74, 6) is 0. The minimum absolute atomic E-state index is 0.170. The van der Waals surface area contributed by atoms with Gasteiger partial charge in [0.1, 0.15) is 6.61 Å². The van der Waals surface area contributed by atoms with Gasteiger partial charge in [-0.05, 0) is 0 Å². The summed E-state index contributed by atoms with van der Waals surface area (Å²) in [6, 6.07) is 0.952. The van der Waals surface area contributed by atoms with Crippen LogP contribution in [0.25, 0.3) is 0 Å². The molecule has 0 bridgehead atoms. The largest absolute Gasteiger partial charge is 0.467 e. The Kier molecular flexibility index (Phi) is 5.41. The first kappa shape index (κ1) is 13.4. The van der Waals surface area contributed by atoms with E-state index >= 15 is 0 Å². The highest BCUT2D eigenvalue weighted by Crippen LogP contribution is 2.13. The number of ether oxygens (including phenoxy) is 3. The summed E-state index contributed by atoms with van der Waals surface area (Å²) >= 11 is 0. The molecule has 0 spiro atoms. The lowest BCUT2D eigenvalue weighted by molar-refractivity contribution is 0.263. The lowest BCUT2D eigenvalue weighted by Gasteiger charge is -2.09. The van der Waals surface area contributed by atoms with Crippen molar-refractivity contribution in [3.05, 3.63) is 0 Å². The van der Waals surface area contributed by atoms with Gasteiger partial charge < -0.3 is 19.5 Å². The van der Waals surface area contributed by atoms with Gasteiger partial charge in [-0.2, -0.15) is 0 Å². The van der Waals surface area contributed by atoms with Crippen molar-refractivity contribution in [3.63, 3.8) is 0 Å². The van der Waals surface area contributed by atoms with E-state index in [1.165, 1.54) is 14.2 Å². The van der Waals surface area contributed by atoms with Gasteiger partial charge in [0.05, 0.1) is 14.2 Å². The maximum absolute atomic E-state index is 5.36. The van der Waals surface area contributed by atoms with E-state index in [1.54, 1.807) is 0 Å². The van der Waals surface area contributed by atoms with Crippen LogP contribution in [0.5, 0.6) is 18.0 Å². The van der Waals surface area contributed by atoms with Gasteiger partial charge in [-0.1, -0.05) is 13.8 Å². The number of aromatic nitrogens is 3. The number of nitrogens with zero attached hydrogens (tertiary/aromatic N) is 3. The van der Waals surface area contributed by atoms with Crippen LogP contribution in [0.15, 0.2) is 0 Å². The summed E-state index contributed by atoms with van der Waals surface area (Å²) in [6.45, 7) is 5.31. The van der Waals surface area contributed by atoms with Crippen LogP contribution in [0.2, 0.25) is 0 Å². The molecule has 0 atom stereocenters. The zero-order valence-electron chi connectivity index (χ0n) is 10.6. The number of methoxy groups -OCH3 is 2. The normalized spacial score (nSPS) is 10.4. The maximum atomic E-state index is 5.36. The van der Waals surface area contributed by atoms with E-state index < -0.39 is 0 Å². The molecule has 0 amide bonds. The van der Waals surface area contributed by atoms with Gasteiger partial charge in [0.15, 0.2) is 0 Å². The van der Waals surface area contributed by atoms with Crippen LogP contribution < -0.4 is 19.5 Å². The van der Waals surface area contributed by atoms with E-state index in [1.807, 2.05) is 0 Å². The molecule has 1 N–H and O–H groups in total. The molecule has 0 fully saturated rings. The Balaban J connectivity index is 2.51. The van der Waals surface area contributed by atoms with Crippen LogP contribution in [0.4, 0.5) is 0 Å². The summed E-state index contributed by atoms with van der Waals surface area (Å²) in [5.41, 5.74) is 0. The van der Waals surface area contributed by atoms with Crippen molar-refractivity contribution < 1.29 is 14.2 Å². The molecule has 0 radical (unpaired) electrons. The number of rotatable bonds is 7. The first-order chi connectivity index (χ1) is 8.15. The monoisotopic (exact) mass is 242 g/mol. The van der Waals surface area contributed by atoms with Crippen molar-refractivity contribution in [2.75, 3.05) is 27.4 Å². The molecule has 0 saturated heterocycles. The quantitative estimate of drug-likeness (QED) is 0.687. The van der Waals surface area contributed by atoms with Gasteiger partial charge in [-0.3, -0.25) is 0 Å². The lowest BCUT2D eigenvalue weighted by Crippen LogP contribution is -2.27. The molecule has 96 valence electrons. The van der Waals surface area contributed by atoms with Crippen molar-refractivity contribution in [2.45, 2.75) is 19.9 Å². The average Bonchev–Trinajstić information content (AvgIpc) is 2.34. The van der Waals surface area contributed by atoms with Crippen molar-refractivity contribution in [2.24, 2.45) is 0 Å². The molecule has 17 heavy (non-hydrogen) atoms. The Morgan fingerprint density at radius 1 is 1.00 bits per heavy atom. The summed E-state index contributed by atoms with van der Waals surface area (Å²) < 4.78 is 15.2. The van der Waals surface area contributed by atoms with E-state index in [0.717, 1.165) is 0 Å². The third-order valence-electron chi connectivity index (χ3n) is 1.82. The fourth-order valence-corrected chi connectivity index (χ4v) is 1.06. The molecule has 0 unspecified atom stereocenters. The molecule has 7 heteroatoms. The summed E-state index contributed by atoms with van der Waals surface area (Å²) in [4.78, 5) is 11.7. The lowest BCUT2D eigenvalue weighted by atomic mass is 10.4. The fraction of sp³-hybridized carbons (Fsp3) is 0.700. The molecular formula is C10H18N4O3. The molecule has 0 aromatic carbocycles. The highest BCUT2D eigenvalue weighted by atomic mass is 16.5. The minimum Gasteiger partial charge on any atom is -0.467 e. The second kappa shape index (κ2) is 6.85. The molecule has 0 aliphatic rings.